The Balaban J connectivity index is 1.37. The lowest BCUT2D eigenvalue weighted by Crippen LogP contribution is -2.18. The van der Waals surface area contributed by atoms with Crippen molar-refractivity contribution in [2.45, 2.75) is 44.6 Å². The maximum atomic E-state index is 12.4. The predicted molar refractivity (Wildman–Crippen MR) is 102 cm³/mol. The summed E-state index contributed by atoms with van der Waals surface area (Å²) in [5, 5.41) is 6.55. The van der Waals surface area contributed by atoms with Gasteiger partial charge >= 0.3 is 0 Å². The summed E-state index contributed by atoms with van der Waals surface area (Å²) in [5.41, 5.74) is 2.44. The summed E-state index contributed by atoms with van der Waals surface area (Å²) in [5.74, 6) is 1.13. The summed E-state index contributed by atoms with van der Waals surface area (Å²) >= 11 is 0. The molecular weight excluding hydrogens is 328 g/mol. The van der Waals surface area contributed by atoms with Crippen LogP contribution in [0.15, 0.2) is 42.5 Å². The molecule has 1 aliphatic carbocycles. The van der Waals surface area contributed by atoms with Gasteiger partial charge in [-0.2, -0.15) is 0 Å². The van der Waals surface area contributed by atoms with Crippen LogP contribution in [0.25, 0.3) is 0 Å². The molecule has 136 valence electrons. The van der Waals surface area contributed by atoms with E-state index in [4.69, 9.17) is 9.47 Å². The van der Waals surface area contributed by atoms with E-state index >= 15 is 0 Å². The largest absolute Gasteiger partial charge is 0.454 e. The smallest absolute Gasteiger partial charge is 0.255 e. The van der Waals surface area contributed by atoms with Gasteiger partial charge in [0.25, 0.3) is 5.91 Å². The van der Waals surface area contributed by atoms with Crippen LogP contribution in [0, 0.1) is 0 Å². The predicted octanol–water partition coefficient (Wildman–Crippen LogP) is 4.80. The zero-order valence-electron chi connectivity index (χ0n) is 14.8. The first kappa shape index (κ1) is 16.8. The third kappa shape index (κ3) is 3.93. The fourth-order valence-electron chi connectivity index (χ4n) is 3.55. The van der Waals surface area contributed by atoms with Crippen LogP contribution in [0.4, 0.5) is 11.4 Å². The molecule has 4 rings (SSSR count). The molecule has 1 saturated carbocycles. The number of carbonyl (C=O) groups excluding carboxylic acids is 1. The fourth-order valence-corrected chi connectivity index (χ4v) is 3.55. The molecule has 1 fully saturated rings. The SMILES string of the molecule is O=C(Nc1ccc(NC2CCCCCC2)cc1)c1ccc2c(c1)OCO2. The number of carbonyl (C=O) groups is 1. The van der Waals surface area contributed by atoms with Gasteiger partial charge in [0, 0.05) is 23.0 Å². The minimum absolute atomic E-state index is 0.159. The van der Waals surface area contributed by atoms with Crippen molar-refractivity contribution in [3.05, 3.63) is 48.0 Å². The molecule has 5 nitrogen and oxygen atoms in total. The van der Waals surface area contributed by atoms with Crippen LogP contribution in [0.5, 0.6) is 11.5 Å². The molecular formula is C21H24N2O3. The molecule has 0 atom stereocenters. The maximum Gasteiger partial charge on any atom is 0.255 e. The van der Waals surface area contributed by atoms with Crippen molar-refractivity contribution in [1.29, 1.82) is 0 Å². The molecule has 2 aromatic rings. The van der Waals surface area contributed by atoms with Crippen molar-refractivity contribution in [2.24, 2.45) is 0 Å². The van der Waals surface area contributed by atoms with Gasteiger partial charge in [-0.15, -0.1) is 0 Å². The van der Waals surface area contributed by atoms with Crippen molar-refractivity contribution in [3.8, 4) is 11.5 Å². The molecule has 1 amide bonds. The highest BCUT2D eigenvalue weighted by atomic mass is 16.7. The second-order valence-electron chi connectivity index (χ2n) is 6.93. The van der Waals surface area contributed by atoms with Gasteiger partial charge in [-0.25, -0.2) is 0 Å². The second kappa shape index (κ2) is 7.68. The van der Waals surface area contributed by atoms with E-state index in [2.05, 4.69) is 10.6 Å². The average Bonchev–Trinajstić information content (AvgIpc) is 2.99. The molecule has 2 aromatic carbocycles. The van der Waals surface area contributed by atoms with Gasteiger partial charge in [0.2, 0.25) is 6.79 Å². The first-order valence-electron chi connectivity index (χ1n) is 9.35. The normalized spacial score (nSPS) is 16.8. The lowest BCUT2D eigenvalue weighted by atomic mass is 10.1. The fraction of sp³-hybridized carbons (Fsp3) is 0.381. The number of benzene rings is 2. The van der Waals surface area contributed by atoms with Crippen LogP contribution >= 0.6 is 0 Å². The molecule has 0 unspecified atom stereocenters. The van der Waals surface area contributed by atoms with E-state index in [0.29, 0.717) is 23.1 Å². The molecule has 2 aliphatic rings. The number of fused-ring (bicyclic) bond motifs is 1. The third-order valence-corrected chi connectivity index (χ3v) is 5.00. The molecule has 1 aliphatic heterocycles. The monoisotopic (exact) mass is 352 g/mol. The Morgan fingerprint density at radius 2 is 1.54 bits per heavy atom. The van der Waals surface area contributed by atoms with Crippen LogP contribution in [-0.4, -0.2) is 18.7 Å². The van der Waals surface area contributed by atoms with Gasteiger partial charge in [0.1, 0.15) is 0 Å². The van der Waals surface area contributed by atoms with Gasteiger partial charge in [0.05, 0.1) is 0 Å². The third-order valence-electron chi connectivity index (χ3n) is 5.00. The first-order valence-corrected chi connectivity index (χ1v) is 9.35. The second-order valence-corrected chi connectivity index (χ2v) is 6.93. The summed E-state index contributed by atoms with van der Waals surface area (Å²) in [6.45, 7) is 0.204. The van der Waals surface area contributed by atoms with E-state index in [0.717, 1.165) is 11.4 Å². The van der Waals surface area contributed by atoms with Crippen molar-refractivity contribution < 1.29 is 14.3 Å². The summed E-state index contributed by atoms with van der Waals surface area (Å²) < 4.78 is 10.6. The van der Waals surface area contributed by atoms with Crippen molar-refractivity contribution in [1.82, 2.24) is 0 Å². The van der Waals surface area contributed by atoms with Crippen LogP contribution in [-0.2, 0) is 0 Å². The molecule has 1 heterocycles. The Morgan fingerprint density at radius 3 is 2.31 bits per heavy atom. The van der Waals surface area contributed by atoms with Gasteiger partial charge in [-0.1, -0.05) is 25.7 Å². The molecule has 5 heteroatoms. The highest BCUT2D eigenvalue weighted by molar-refractivity contribution is 6.04. The highest BCUT2D eigenvalue weighted by Crippen LogP contribution is 2.32. The lowest BCUT2D eigenvalue weighted by Gasteiger charge is -2.18. The summed E-state index contributed by atoms with van der Waals surface area (Å²) in [6, 6.07) is 13.7. The molecule has 0 spiro atoms. The number of amides is 1. The average molecular weight is 352 g/mol. The van der Waals surface area contributed by atoms with E-state index in [1.165, 1.54) is 38.5 Å². The Labute approximate surface area is 153 Å². The van der Waals surface area contributed by atoms with Gasteiger partial charge < -0.3 is 20.1 Å². The van der Waals surface area contributed by atoms with E-state index in [1.807, 2.05) is 24.3 Å². The molecule has 0 bridgehead atoms. The van der Waals surface area contributed by atoms with E-state index in [9.17, 15) is 4.79 Å². The minimum atomic E-state index is -0.159. The van der Waals surface area contributed by atoms with Crippen LogP contribution in [0.3, 0.4) is 0 Å². The highest BCUT2D eigenvalue weighted by Gasteiger charge is 2.16. The molecule has 2 N–H and O–H groups in total. The lowest BCUT2D eigenvalue weighted by molar-refractivity contribution is 0.102. The Hall–Kier alpha value is -2.69. The zero-order valence-corrected chi connectivity index (χ0v) is 14.8. The van der Waals surface area contributed by atoms with Gasteiger partial charge in [-0.3, -0.25) is 4.79 Å². The molecule has 0 aromatic heterocycles. The number of rotatable bonds is 4. The summed E-state index contributed by atoms with van der Waals surface area (Å²) in [4.78, 5) is 12.4. The molecule has 0 saturated heterocycles. The standard InChI is InChI=1S/C21H24N2O3/c24-21(15-7-12-19-20(13-15)26-14-25-19)23-18-10-8-17(9-11-18)22-16-5-3-1-2-4-6-16/h7-13,16,22H,1-6,14H2,(H,23,24). The number of hydrogen-bond donors (Lipinski definition) is 2. The van der Waals surface area contributed by atoms with Crippen molar-refractivity contribution in [2.75, 3.05) is 17.4 Å². The van der Waals surface area contributed by atoms with Gasteiger partial charge in [-0.05, 0) is 55.3 Å². The topological polar surface area (TPSA) is 59.6 Å². The number of ether oxygens (including phenoxy) is 2. The van der Waals surface area contributed by atoms with E-state index in [1.54, 1.807) is 18.2 Å². The van der Waals surface area contributed by atoms with Crippen LogP contribution in [0.2, 0.25) is 0 Å². The number of nitrogens with one attached hydrogen (secondary N) is 2. The summed E-state index contributed by atoms with van der Waals surface area (Å²) in [7, 11) is 0. The van der Waals surface area contributed by atoms with Crippen molar-refractivity contribution in [3.63, 3.8) is 0 Å². The first-order chi connectivity index (χ1) is 12.8. The van der Waals surface area contributed by atoms with Crippen LogP contribution in [0.1, 0.15) is 48.9 Å². The minimum Gasteiger partial charge on any atom is -0.454 e. The maximum absolute atomic E-state index is 12.4. The zero-order chi connectivity index (χ0) is 17.8. The number of anilines is 2. The van der Waals surface area contributed by atoms with Gasteiger partial charge in [0.15, 0.2) is 11.5 Å². The quantitative estimate of drug-likeness (QED) is 0.776. The Kier molecular flexibility index (Phi) is 4.95. The summed E-state index contributed by atoms with van der Waals surface area (Å²) in [6.07, 6.45) is 7.79. The Bertz CT molecular complexity index is 765. The van der Waals surface area contributed by atoms with E-state index < -0.39 is 0 Å². The molecule has 26 heavy (non-hydrogen) atoms. The van der Waals surface area contributed by atoms with Crippen LogP contribution < -0.4 is 20.1 Å². The molecule has 0 radical (unpaired) electrons. The van der Waals surface area contributed by atoms with E-state index in [-0.39, 0.29) is 12.7 Å². The van der Waals surface area contributed by atoms with Crippen molar-refractivity contribution >= 4 is 17.3 Å². The Morgan fingerprint density at radius 1 is 0.846 bits per heavy atom. The number of hydrogen-bond acceptors (Lipinski definition) is 4.